The number of benzene rings is 1. The summed E-state index contributed by atoms with van der Waals surface area (Å²) in [5, 5.41) is 0. The van der Waals surface area contributed by atoms with Crippen LogP contribution in [0, 0.1) is 5.41 Å². The van der Waals surface area contributed by atoms with Crippen LogP contribution in [0.25, 0.3) is 6.08 Å². The van der Waals surface area contributed by atoms with Crippen LogP contribution in [0.5, 0.6) is 0 Å². The van der Waals surface area contributed by atoms with E-state index in [4.69, 9.17) is 0 Å². The first-order valence-corrected chi connectivity index (χ1v) is 10.4. The molecule has 5 nitrogen and oxygen atoms in total. The van der Waals surface area contributed by atoms with Gasteiger partial charge in [-0.15, -0.1) is 0 Å². The first-order valence-electron chi connectivity index (χ1n) is 10.4. The molecule has 148 valence electrons. The molecule has 4 rings (SSSR count). The lowest BCUT2D eigenvalue weighted by Gasteiger charge is -2.38. The summed E-state index contributed by atoms with van der Waals surface area (Å²) in [7, 11) is 0. The van der Waals surface area contributed by atoms with Gasteiger partial charge >= 0.3 is 0 Å². The van der Waals surface area contributed by atoms with Crippen molar-refractivity contribution in [3.8, 4) is 0 Å². The van der Waals surface area contributed by atoms with E-state index >= 15 is 0 Å². The minimum atomic E-state index is 0.180. The largest absolute Gasteiger partial charge is 0.338 e. The lowest BCUT2D eigenvalue weighted by Crippen LogP contribution is -2.41. The molecule has 1 aromatic heterocycles. The molecule has 0 radical (unpaired) electrons. The molecule has 2 aliphatic heterocycles. The third-order valence-corrected chi connectivity index (χ3v) is 6.28. The predicted octanol–water partition coefficient (Wildman–Crippen LogP) is 3.43. The average molecular weight is 379 g/mol. The van der Waals surface area contributed by atoms with Crippen molar-refractivity contribution < 1.29 is 4.79 Å². The van der Waals surface area contributed by atoms with Gasteiger partial charge in [-0.05, 0) is 43.8 Å². The van der Waals surface area contributed by atoms with Gasteiger partial charge in [0, 0.05) is 38.8 Å². The predicted molar refractivity (Wildman–Crippen MR) is 112 cm³/mol. The maximum atomic E-state index is 12.6. The summed E-state index contributed by atoms with van der Waals surface area (Å²) in [6.07, 6.45) is 11.1. The monoisotopic (exact) mass is 378 g/mol. The van der Waals surface area contributed by atoms with Crippen molar-refractivity contribution in [3.63, 3.8) is 0 Å². The minimum Gasteiger partial charge on any atom is -0.338 e. The lowest BCUT2D eigenvalue weighted by atomic mass is 9.77. The number of nitrogens with zero attached hydrogens (tertiary/aromatic N) is 4. The number of rotatable bonds is 6. The summed E-state index contributed by atoms with van der Waals surface area (Å²) in [4.78, 5) is 21.4. The van der Waals surface area contributed by atoms with Crippen molar-refractivity contribution in [2.75, 3.05) is 26.2 Å². The Kier molecular flexibility index (Phi) is 5.62. The molecule has 0 saturated carbocycles. The zero-order valence-corrected chi connectivity index (χ0v) is 16.8. The molecule has 1 aromatic carbocycles. The van der Waals surface area contributed by atoms with E-state index in [9.17, 15) is 4.79 Å². The molecule has 1 amide bonds. The van der Waals surface area contributed by atoms with E-state index in [0.717, 1.165) is 52.1 Å². The summed E-state index contributed by atoms with van der Waals surface area (Å²) < 4.78 is 2.21. The third kappa shape index (κ3) is 4.20. The number of aryl methyl sites for hydroxylation is 1. The molecule has 0 bridgehead atoms. The third-order valence-electron chi connectivity index (χ3n) is 6.28. The normalized spacial score (nSPS) is 19.9. The number of imidazole rings is 1. The molecule has 0 atom stereocenters. The molecule has 0 aliphatic carbocycles. The second-order valence-electron chi connectivity index (χ2n) is 8.21. The van der Waals surface area contributed by atoms with Crippen LogP contribution in [0.2, 0.25) is 0 Å². The first-order chi connectivity index (χ1) is 13.7. The van der Waals surface area contributed by atoms with E-state index < -0.39 is 0 Å². The molecule has 2 fully saturated rings. The van der Waals surface area contributed by atoms with Crippen LogP contribution < -0.4 is 0 Å². The van der Waals surface area contributed by atoms with Gasteiger partial charge in [0.1, 0.15) is 0 Å². The molecule has 3 heterocycles. The van der Waals surface area contributed by atoms with E-state index in [1.54, 1.807) is 0 Å². The SMILES string of the molecule is CCn1cncc1CN1CCC2(CC1)CC(=O)N(C/C=C/c1ccccc1)C2. The molecule has 1 spiro atoms. The molecule has 2 aromatic rings. The number of aromatic nitrogens is 2. The number of carbonyl (C=O) groups excluding carboxylic acids is 1. The van der Waals surface area contributed by atoms with E-state index in [2.05, 4.69) is 45.7 Å². The highest BCUT2D eigenvalue weighted by Gasteiger charge is 2.44. The quantitative estimate of drug-likeness (QED) is 0.773. The van der Waals surface area contributed by atoms with Gasteiger partial charge in [0.05, 0.1) is 12.0 Å². The number of hydrogen-bond donors (Lipinski definition) is 0. The van der Waals surface area contributed by atoms with E-state index in [1.165, 1.54) is 11.3 Å². The lowest BCUT2D eigenvalue weighted by molar-refractivity contribution is -0.127. The molecular weight excluding hydrogens is 348 g/mol. The first kappa shape index (κ1) is 18.9. The molecule has 0 unspecified atom stereocenters. The Balaban J connectivity index is 1.29. The van der Waals surface area contributed by atoms with Crippen LogP contribution in [0.4, 0.5) is 0 Å². The Morgan fingerprint density at radius 1 is 1.18 bits per heavy atom. The topological polar surface area (TPSA) is 41.4 Å². The van der Waals surface area contributed by atoms with Crippen molar-refractivity contribution in [3.05, 3.63) is 60.2 Å². The number of likely N-dealkylation sites (tertiary alicyclic amines) is 2. The summed E-state index contributed by atoms with van der Waals surface area (Å²) in [5.74, 6) is 0.315. The Hall–Kier alpha value is -2.40. The van der Waals surface area contributed by atoms with Crippen molar-refractivity contribution in [2.45, 2.75) is 39.3 Å². The fraction of sp³-hybridized carbons (Fsp3) is 0.478. The highest BCUT2D eigenvalue weighted by Crippen LogP contribution is 2.41. The molecule has 0 N–H and O–H groups in total. The molecular formula is C23H30N4O. The van der Waals surface area contributed by atoms with Gasteiger partial charge in [0.15, 0.2) is 0 Å². The van der Waals surface area contributed by atoms with Crippen LogP contribution >= 0.6 is 0 Å². The minimum absolute atomic E-state index is 0.180. The van der Waals surface area contributed by atoms with Crippen molar-refractivity contribution in [2.24, 2.45) is 5.41 Å². The summed E-state index contributed by atoms with van der Waals surface area (Å²) in [6, 6.07) is 10.3. The summed E-state index contributed by atoms with van der Waals surface area (Å²) in [5.41, 5.74) is 2.65. The van der Waals surface area contributed by atoms with Gasteiger partial charge in [-0.3, -0.25) is 9.69 Å². The van der Waals surface area contributed by atoms with Crippen molar-refractivity contribution >= 4 is 12.0 Å². The van der Waals surface area contributed by atoms with Crippen LogP contribution in [-0.2, 0) is 17.9 Å². The van der Waals surface area contributed by atoms with Gasteiger partial charge < -0.3 is 9.47 Å². The highest BCUT2D eigenvalue weighted by atomic mass is 16.2. The maximum Gasteiger partial charge on any atom is 0.223 e. The maximum absolute atomic E-state index is 12.6. The zero-order chi connectivity index (χ0) is 19.4. The van der Waals surface area contributed by atoms with Gasteiger partial charge in [-0.25, -0.2) is 4.98 Å². The van der Waals surface area contributed by atoms with Crippen molar-refractivity contribution in [1.29, 1.82) is 0 Å². The van der Waals surface area contributed by atoms with Gasteiger partial charge in [0.2, 0.25) is 5.91 Å². The second kappa shape index (κ2) is 8.31. The standard InChI is InChI=1S/C23H30N4O/c1-2-26-19-24-16-21(26)17-25-13-10-23(11-14-25)15-22(28)27(18-23)12-6-9-20-7-4-3-5-8-20/h3-9,16,19H,2,10-15,17-18H2,1H3/b9-6+. The Morgan fingerprint density at radius 2 is 1.96 bits per heavy atom. The summed E-state index contributed by atoms with van der Waals surface area (Å²) in [6.45, 7) is 7.84. The van der Waals surface area contributed by atoms with E-state index in [1.807, 2.05) is 35.6 Å². The van der Waals surface area contributed by atoms with Crippen LogP contribution in [-0.4, -0.2) is 51.4 Å². The summed E-state index contributed by atoms with van der Waals surface area (Å²) >= 11 is 0. The van der Waals surface area contributed by atoms with Crippen LogP contribution in [0.3, 0.4) is 0 Å². The Bertz CT molecular complexity index is 818. The molecule has 2 saturated heterocycles. The second-order valence-corrected chi connectivity index (χ2v) is 8.21. The fourth-order valence-corrected chi connectivity index (χ4v) is 4.54. The molecule has 5 heteroatoms. The van der Waals surface area contributed by atoms with Gasteiger partial charge in [0.25, 0.3) is 0 Å². The van der Waals surface area contributed by atoms with Gasteiger partial charge in [-0.1, -0.05) is 42.5 Å². The zero-order valence-electron chi connectivity index (χ0n) is 16.8. The smallest absolute Gasteiger partial charge is 0.223 e. The average Bonchev–Trinajstić information content (AvgIpc) is 3.29. The number of hydrogen-bond acceptors (Lipinski definition) is 3. The van der Waals surface area contributed by atoms with E-state index in [0.29, 0.717) is 12.3 Å². The van der Waals surface area contributed by atoms with E-state index in [-0.39, 0.29) is 5.41 Å². The van der Waals surface area contributed by atoms with Crippen molar-refractivity contribution in [1.82, 2.24) is 19.4 Å². The van der Waals surface area contributed by atoms with Crippen LogP contribution in [0.1, 0.15) is 37.4 Å². The Labute approximate surface area is 167 Å². The van der Waals surface area contributed by atoms with Crippen LogP contribution in [0.15, 0.2) is 48.9 Å². The Morgan fingerprint density at radius 3 is 2.71 bits per heavy atom. The molecule has 28 heavy (non-hydrogen) atoms. The number of piperidine rings is 1. The van der Waals surface area contributed by atoms with Gasteiger partial charge in [-0.2, -0.15) is 0 Å². The molecule has 2 aliphatic rings. The highest BCUT2D eigenvalue weighted by molar-refractivity contribution is 5.79. The number of carbonyl (C=O) groups is 1. The number of amides is 1. The fourth-order valence-electron chi connectivity index (χ4n) is 4.54.